The molecule has 0 aliphatic rings. The molecule has 0 radical (unpaired) electrons. The molecule has 0 atom stereocenters. The predicted molar refractivity (Wildman–Crippen MR) is 120 cm³/mol. The molecule has 33 heavy (non-hydrogen) atoms. The summed E-state index contributed by atoms with van der Waals surface area (Å²) < 4.78 is 26.7. The second-order valence-corrected chi connectivity index (χ2v) is 7.30. The van der Waals surface area contributed by atoms with Crippen molar-refractivity contribution >= 4 is 17.2 Å². The molecule has 0 saturated carbocycles. The van der Waals surface area contributed by atoms with Gasteiger partial charge in [0, 0.05) is 17.4 Å². The zero-order valence-electron chi connectivity index (χ0n) is 17.7. The molecule has 0 unspecified atom stereocenters. The van der Waals surface area contributed by atoms with Gasteiger partial charge in [0.25, 0.3) is 11.8 Å². The van der Waals surface area contributed by atoms with Crippen LogP contribution in [0.25, 0.3) is 28.5 Å². The Morgan fingerprint density at radius 3 is 2.88 bits per heavy atom. The third kappa shape index (κ3) is 3.69. The van der Waals surface area contributed by atoms with E-state index in [0.717, 1.165) is 5.56 Å². The average Bonchev–Trinajstić information content (AvgIpc) is 3.48. The summed E-state index contributed by atoms with van der Waals surface area (Å²) in [6.07, 6.45) is 3.30. The molecule has 2 aromatic carbocycles. The summed E-state index contributed by atoms with van der Waals surface area (Å²) in [5, 5.41) is 6.83. The molecule has 5 aromatic rings. The molecule has 5 rings (SSSR count). The molecule has 0 saturated heterocycles. The van der Waals surface area contributed by atoms with Gasteiger partial charge in [0.05, 0.1) is 13.3 Å². The van der Waals surface area contributed by atoms with Crippen LogP contribution in [-0.4, -0.2) is 32.5 Å². The first-order valence-electron chi connectivity index (χ1n) is 10.1. The quantitative estimate of drug-likeness (QED) is 0.421. The number of benzene rings is 2. The number of fused-ring (bicyclic) bond motifs is 1. The van der Waals surface area contributed by atoms with Crippen molar-refractivity contribution in [3.8, 4) is 28.6 Å². The fraction of sp³-hybridized carbons (Fsp3) is 0.0833. The van der Waals surface area contributed by atoms with Crippen molar-refractivity contribution in [2.75, 3.05) is 12.4 Å². The van der Waals surface area contributed by atoms with E-state index in [1.807, 2.05) is 31.2 Å². The van der Waals surface area contributed by atoms with Gasteiger partial charge in [-0.05, 0) is 48.9 Å². The number of halogens is 1. The molecule has 1 N–H and O–H groups in total. The van der Waals surface area contributed by atoms with E-state index in [2.05, 4.69) is 20.4 Å². The van der Waals surface area contributed by atoms with E-state index >= 15 is 0 Å². The molecule has 0 bridgehead atoms. The van der Waals surface area contributed by atoms with Gasteiger partial charge in [-0.15, -0.1) is 0 Å². The fourth-order valence-electron chi connectivity index (χ4n) is 3.51. The maximum atomic E-state index is 14.4. The third-order valence-corrected chi connectivity index (χ3v) is 5.23. The van der Waals surface area contributed by atoms with Crippen molar-refractivity contribution in [1.82, 2.24) is 19.5 Å². The van der Waals surface area contributed by atoms with Crippen LogP contribution in [0.5, 0.6) is 5.75 Å². The van der Waals surface area contributed by atoms with Gasteiger partial charge in [-0.2, -0.15) is 4.98 Å². The minimum absolute atomic E-state index is 0.0665. The minimum atomic E-state index is -0.522. The highest BCUT2D eigenvalue weighted by Gasteiger charge is 2.20. The van der Waals surface area contributed by atoms with E-state index in [0.29, 0.717) is 28.3 Å². The average molecular weight is 443 g/mol. The normalized spacial score (nSPS) is 11.0. The van der Waals surface area contributed by atoms with Crippen molar-refractivity contribution in [2.24, 2.45) is 0 Å². The Kier molecular flexibility index (Phi) is 5.06. The van der Waals surface area contributed by atoms with Crippen molar-refractivity contribution in [3.05, 3.63) is 84.1 Å². The van der Waals surface area contributed by atoms with Gasteiger partial charge in [0.2, 0.25) is 5.82 Å². The number of nitrogens with zero attached hydrogens (tertiary/aromatic N) is 4. The number of amides is 1. The monoisotopic (exact) mass is 443 g/mol. The van der Waals surface area contributed by atoms with Crippen LogP contribution < -0.4 is 10.1 Å². The molecular weight excluding hydrogens is 425 g/mol. The van der Waals surface area contributed by atoms with Crippen LogP contribution in [0, 0.1) is 12.7 Å². The lowest BCUT2D eigenvalue weighted by Crippen LogP contribution is -2.15. The fourth-order valence-corrected chi connectivity index (χ4v) is 3.51. The van der Waals surface area contributed by atoms with Crippen LogP contribution in [0.1, 0.15) is 16.1 Å². The van der Waals surface area contributed by atoms with Crippen molar-refractivity contribution in [2.45, 2.75) is 6.92 Å². The number of imidazole rings is 1. The Labute approximate surface area is 187 Å². The van der Waals surface area contributed by atoms with Gasteiger partial charge in [-0.1, -0.05) is 23.4 Å². The Bertz CT molecular complexity index is 1490. The third-order valence-electron chi connectivity index (χ3n) is 5.23. The minimum Gasteiger partial charge on any atom is -0.496 e. The summed E-state index contributed by atoms with van der Waals surface area (Å²) in [5.74, 6) is -0.285. The number of methoxy groups -OCH3 is 1. The maximum Gasteiger partial charge on any atom is 0.274 e. The molecular formula is C24H18FN5O3. The largest absolute Gasteiger partial charge is 0.496 e. The van der Waals surface area contributed by atoms with E-state index < -0.39 is 5.82 Å². The number of hydrogen-bond donors (Lipinski definition) is 1. The summed E-state index contributed by atoms with van der Waals surface area (Å²) in [6, 6.07) is 15.3. The molecule has 3 aromatic heterocycles. The lowest BCUT2D eigenvalue weighted by Gasteiger charge is -2.09. The lowest BCUT2D eigenvalue weighted by molar-refractivity contribution is 0.102. The molecule has 0 aliphatic carbocycles. The molecule has 3 heterocycles. The van der Waals surface area contributed by atoms with Crippen LogP contribution in [0.3, 0.4) is 0 Å². The van der Waals surface area contributed by atoms with Crippen molar-refractivity contribution in [3.63, 3.8) is 0 Å². The SMILES string of the molecule is COc1cccc(F)c1-c1noc(-c2ccc(C)c(NC(=O)c3cnc4ccccn34)c2)n1. The Morgan fingerprint density at radius 2 is 2.03 bits per heavy atom. The van der Waals surface area contributed by atoms with Gasteiger partial charge >= 0.3 is 0 Å². The summed E-state index contributed by atoms with van der Waals surface area (Å²) in [4.78, 5) is 21.5. The Balaban J connectivity index is 1.46. The number of anilines is 1. The molecule has 8 nitrogen and oxygen atoms in total. The van der Waals surface area contributed by atoms with Crippen LogP contribution in [0.15, 0.2) is 71.5 Å². The van der Waals surface area contributed by atoms with E-state index in [4.69, 9.17) is 9.26 Å². The molecule has 164 valence electrons. The number of carbonyl (C=O) groups excluding carboxylic acids is 1. The molecule has 9 heteroatoms. The number of pyridine rings is 1. The highest BCUT2D eigenvalue weighted by Crippen LogP contribution is 2.32. The summed E-state index contributed by atoms with van der Waals surface area (Å²) in [5.41, 5.74) is 3.19. The molecule has 0 fully saturated rings. The van der Waals surface area contributed by atoms with E-state index in [1.165, 1.54) is 25.4 Å². The van der Waals surface area contributed by atoms with E-state index in [1.54, 1.807) is 28.8 Å². The standard InChI is InChI=1S/C24H18FN5O3/c1-14-9-10-15(24-28-22(29-33-24)21-16(25)6-5-7-19(21)32-2)12-17(14)27-23(31)18-13-26-20-8-3-4-11-30(18)20/h3-13H,1-2H3,(H,27,31). The van der Waals surface area contributed by atoms with Crippen molar-refractivity contribution in [1.29, 1.82) is 0 Å². The van der Waals surface area contributed by atoms with Crippen molar-refractivity contribution < 1.29 is 18.4 Å². The Hall–Kier alpha value is -4.53. The molecule has 1 amide bonds. The summed E-state index contributed by atoms with van der Waals surface area (Å²) in [7, 11) is 1.44. The van der Waals surface area contributed by atoms with Gasteiger partial charge < -0.3 is 14.6 Å². The maximum absolute atomic E-state index is 14.4. The first kappa shape index (κ1) is 20.4. The lowest BCUT2D eigenvalue weighted by atomic mass is 10.1. The van der Waals surface area contributed by atoms with E-state index in [-0.39, 0.29) is 23.2 Å². The Morgan fingerprint density at radius 1 is 1.15 bits per heavy atom. The zero-order valence-corrected chi connectivity index (χ0v) is 17.7. The highest BCUT2D eigenvalue weighted by atomic mass is 19.1. The number of rotatable bonds is 5. The van der Waals surface area contributed by atoms with E-state index in [9.17, 15) is 9.18 Å². The summed E-state index contributed by atoms with van der Waals surface area (Å²) >= 11 is 0. The van der Waals surface area contributed by atoms with Crippen LogP contribution >= 0.6 is 0 Å². The number of ether oxygens (including phenoxy) is 1. The number of carbonyl (C=O) groups is 1. The van der Waals surface area contributed by atoms with Gasteiger partial charge in [-0.25, -0.2) is 9.37 Å². The second kappa shape index (κ2) is 8.19. The topological polar surface area (TPSA) is 94.6 Å². The molecule has 0 aliphatic heterocycles. The second-order valence-electron chi connectivity index (χ2n) is 7.30. The van der Waals surface area contributed by atoms with Crippen LogP contribution in [-0.2, 0) is 0 Å². The number of aromatic nitrogens is 4. The van der Waals surface area contributed by atoms with Gasteiger partial charge in [0.1, 0.15) is 28.5 Å². The number of hydrogen-bond acceptors (Lipinski definition) is 6. The van der Waals surface area contributed by atoms with Gasteiger partial charge in [-0.3, -0.25) is 9.20 Å². The van der Waals surface area contributed by atoms with Gasteiger partial charge in [0.15, 0.2) is 0 Å². The molecule has 0 spiro atoms. The highest BCUT2D eigenvalue weighted by molar-refractivity contribution is 6.04. The first-order valence-corrected chi connectivity index (χ1v) is 10.1. The number of nitrogens with one attached hydrogen (secondary N) is 1. The van der Waals surface area contributed by atoms with Crippen LogP contribution in [0.2, 0.25) is 0 Å². The summed E-state index contributed by atoms with van der Waals surface area (Å²) in [6.45, 7) is 1.87. The zero-order chi connectivity index (χ0) is 22.9. The predicted octanol–water partition coefficient (Wildman–Crippen LogP) is 4.76. The number of aryl methyl sites for hydroxylation is 1. The van der Waals surface area contributed by atoms with Crippen LogP contribution in [0.4, 0.5) is 10.1 Å². The first-order chi connectivity index (χ1) is 16.0. The smallest absolute Gasteiger partial charge is 0.274 e.